The predicted octanol–water partition coefficient (Wildman–Crippen LogP) is 5.29. The van der Waals surface area contributed by atoms with Crippen LogP contribution in [0.5, 0.6) is 0 Å². The number of hydrogen-bond donors (Lipinski definition) is 1. The van der Waals surface area contributed by atoms with Gasteiger partial charge in [0, 0.05) is 35.3 Å². The fourth-order valence-corrected chi connectivity index (χ4v) is 3.97. The smallest absolute Gasteiger partial charge is 0.174 e. The molecule has 1 aliphatic heterocycles. The van der Waals surface area contributed by atoms with E-state index in [0.29, 0.717) is 16.2 Å². The lowest BCUT2D eigenvalue weighted by atomic mass is 9.98. The highest BCUT2D eigenvalue weighted by molar-refractivity contribution is 7.80. The van der Waals surface area contributed by atoms with E-state index in [-0.39, 0.29) is 12.1 Å². The zero-order valence-electron chi connectivity index (χ0n) is 15.2. The van der Waals surface area contributed by atoms with Gasteiger partial charge in [0.1, 0.15) is 0 Å². The molecule has 4 nitrogen and oxygen atoms in total. The van der Waals surface area contributed by atoms with E-state index >= 15 is 0 Å². The van der Waals surface area contributed by atoms with E-state index in [1.54, 1.807) is 0 Å². The zero-order chi connectivity index (χ0) is 19.0. The number of thiocarbonyl (C=S) groups is 1. The zero-order valence-corrected chi connectivity index (χ0v) is 16.8. The number of halogens is 1. The minimum atomic E-state index is -0.0302. The van der Waals surface area contributed by atoms with Crippen molar-refractivity contribution in [1.29, 1.82) is 0 Å². The summed E-state index contributed by atoms with van der Waals surface area (Å²) in [6.45, 7) is 4.35. The first-order chi connectivity index (χ1) is 13.0. The Kier molecular flexibility index (Phi) is 4.89. The van der Waals surface area contributed by atoms with Crippen LogP contribution in [-0.2, 0) is 0 Å². The third-order valence-electron chi connectivity index (χ3n) is 4.88. The number of anilines is 1. The lowest BCUT2D eigenvalue weighted by Crippen LogP contribution is -2.29. The first kappa shape index (κ1) is 18.0. The van der Waals surface area contributed by atoms with Gasteiger partial charge in [0.15, 0.2) is 5.11 Å². The molecular formula is C21H21ClN4S. The fraction of sp³-hybridized carbons (Fsp3) is 0.238. The molecule has 1 saturated heterocycles. The van der Waals surface area contributed by atoms with Crippen molar-refractivity contribution in [3.8, 4) is 0 Å². The lowest BCUT2D eigenvalue weighted by molar-refractivity contribution is 0.560. The van der Waals surface area contributed by atoms with Gasteiger partial charge in [0.05, 0.1) is 17.8 Å². The van der Waals surface area contributed by atoms with Crippen molar-refractivity contribution in [3.63, 3.8) is 0 Å². The molecule has 2 aromatic heterocycles. The van der Waals surface area contributed by atoms with Gasteiger partial charge in [-0.15, -0.1) is 0 Å². The van der Waals surface area contributed by atoms with Crippen LogP contribution in [-0.4, -0.2) is 14.7 Å². The third kappa shape index (κ3) is 3.45. The number of nitrogens with zero attached hydrogens (tertiary/aromatic N) is 3. The molecule has 2 atom stereocenters. The molecule has 0 spiro atoms. The van der Waals surface area contributed by atoms with Crippen LogP contribution in [0.25, 0.3) is 0 Å². The van der Waals surface area contributed by atoms with Gasteiger partial charge in [0.25, 0.3) is 0 Å². The molecule has 1 fully saturated rings. The maximum atomic E-state index is 6.09. The molecule has 0 unspecified atom stereocenters. The molecule has 138 valence electrons. The molecule has 0 radical (unpaired) electrons. The van der Waals surface area contributed by atoms with Crippen LogP contribution < -0.4 is 10.2 Å². The van der Waals surface area contributed by atoms with Gasteiger partial charge in [0.2, 0.25) is 0 Å². The Morgan fingerprint density at radius 3 is 2.52 bits per heavy atom. The molecule has 27 heavy (non-hydrogen) atoms. The van der Waals surface area contributed by atoms with Crippen molar-refractivity contribution >= 4 is 34.6 Å². The monoisotopic (exact) mass is 396 g/mol. The first-order valence-electron chi connectivity index (χ1n) is 8.98. The highest BCUT2D eigenvalue weighted by atomic mass is 35.5. The second-order valence-corrected chi connectivity index (χ2v) is 7.78. The van der Waals surface area contributed by atoms with Crippen LogP contribution >= 0.6 is 23.8 Å². The second-order valence-electron chi connectivity index (χ2n) is 6.96. The van der Waals surface area contributed by atoms with Crippen molar-refractivity contribution in [2.45, 2.75) is 32.0 Å². The molecule has 1 N–H and O–H groups in total. The van der Waals surface area contributed by atoms with Crippen molar-refractivity contribution in [3.05, 3.63) is 83.4 Å². The summed E-state index contributed by atoms with van der Waals surface area (Å²) in [4.78, 5) is 6.74. The summed E-state index contributed by atoms with van der Waals surface area (Å²) in [5.41, 5.74) is 3.18. The van der Waals surface area contributed by atoms with Crippen LogP contribution in [0.2, 0.25) is 5.02 Å². The summed E-state index contributed by atoms with van der Waals surface area (Å²) < 4.78 is 2.21. The van der Waals surface area contributed by atoms with Gasteiger partial charge in [-0.1, -0.05) is 17.7 Å². The Bertz CT molecular complexity index is 936. The summed E-state index contributed by atoms with van der Waals surface area (Å²) in [6.07, 6.45) is 6.14. The number of pyridine rings is 1. The highest BCUT2D eigenvalue weighted by Crippen LogP contribution is 2.41. The summed E-state index contributed by atoms with van der Waals surface area (Å²) in [6, 6.07) is 16.3. The van der Waals surface area contributed by atoms with Crippen LogP contribution in [0.3, 0.4) is 0 Å². The summed E-state index contributed by atoms with van der Waals surface area (Å²) in [7, 11) is 0. The van der Waals surface area contributed by atoms with Crippen LogP contribution in [0.1, 0.15) is 43.2 Å². The van der Waals surface area contributed by atoms with E-state index < -0.39 is 0 Å². The normalized spacial score (nSPS) is 19.6. The molecule has 0 bridgehead atoms. The fourth-order valence-electron chi connectivity index (χ4n) is 3.50. The van der Waals surface area contributed by atoms with Crippen molar-refractivity contribution in [1.82, 2.24) is 14.9 Å². The Morgan fingerprint density at radius 1 is 1.11 bits per heavy atom. The van der Waals surface area contributed by atoms with E-state index in [2.05, 4.69) is 52.1 Å². The molecule has 0 amide bonds. The lowest BCUT2D eigenvalue weighted by Gasteiger charge is -2.27. The Hall–Kier alpha value is -2.37. The molecule has 3 aromatic rings. The van der Waals surface area contributed by atoms with Crippen LogP contribution in [0.15, 0.2) is 67.1 Å². The van der Waals surface area contributed by atoms with Gasteiger partial charge in [-0.2, -0.15) is 0 Å². The van der Waals surface area contributed by atoms with Gasteiger partial charge in [-0.25, -0.2) is 0 Å². The second kappa shape index (κ2) is 7.33. The molecule has 3 heterocycles. The van der Waals surface area contributed by atoms with Gasteiger partial charge >= 0.3 is 0 Å². The summed E-state index contributed by atoms with van der Waals surface area (Å²) >= 11 is 11.8. The van der Waals surface area contributed by atoms with Gasteiger partial charge in [-0.3, -0.25) is 4.98 Å². The standard InChI is InChI=1S/C21H21ClN4S/c1-14(2)25-12-10-15(13-25)20-19(18-5-3-4-11-23-18)24-21(27)26(20)17-8-6-16(22)7-9-17/h3-14,19-20H,1-2H3,(H,24,27)/t19-,20+/m0/s1. The summed E-state index contributed by atoms with van der Waals surface area (Å²) in [5, 5.41) is 4.87. The maximum Gasteiger partial charge on any atom is 0.174 e. The van der Waals surface area contributed by atoms with Crippen molar-refractivity contribution in [2.24, 2.45) is 0 Å². The van der Waals surface area contributed by atoms with E-state index in [1.165, 1.54) is 5.56 Å². The molecule has 0 aliphatic carbocycles. The topological polar surface area (TPSA) is 33.1 Å². The van der Waals surface area contributed by atoms with Crippen LogP contribution in [0, 0.1) is 0 Å². The van der Waals surface area contributed by atoms with Crippen LogP contribution in [0.4, 0.5) is 5.69 Å². The Labute approximate surface area is 169 Å². The van der Waals surface area contributed by atoms with E-state index in [4.69, 9.17) is 23.8 Å². The molecule has 0 saturated carbocycles. The molecule has 1 aliphatic rings. The Balaban J connectivity index is 1.81. The molecular weight excluding hydrogens is 376 g/mol. The number of aromatic nitrogens is 2. The quantitative estimate of drug-likeness (QED) is 0.607. The number of hydrogen-bond acceptors (Lipinski definition) is 2. The minimum Gasteiger partial charge on any atom is -0.351 e. The Morgan fingerprint density at radius 2 is 1.89 bits per heavy atom. The van der Waals surface area contributed by atoms with Gasteiger partial charge < -0.3 is 14.8 Å². The SMILES string of the molecule is CC(C)n1ccc([C@@H]2[C@H](c3ccccn3)NC(=S)N2c2ccc(Cl)cc2)c1. The predicted molar refractivity (Wildman–Crippen MR) is 114 cm³/mol. The van der Waals surface area contributed by atoms with Crippen molar-refractivity contribution < 1.29 is 0 Å². The average Bonchev–Trinajstić information content (AvgIpc) is 3.28. The largest absolute Gasteiger partial charge is 0.351 e. The van der Waals surface area contributed by atoms with E-state index in [9.17, 15) is 0 Å². The summed E-state index contributed by atoms with van der Waals surface area (Å²) in [5.74, 6) is 0. The number of rotatable bonds is 4. The third-order valence-corrected chi connectivity index (χ3v) is 5.44. The maximum absolute atomic E-state index is 6.09. The molecule has 4 rings (SSSR count). The minimum absolute atomic E-state index is 0.00794. The molecule has 1 aromatic carbocycles. The number of benzene rings is 1. The highest BCUT2D eigenvalue weighted by Gasteiger charge is 2.41. The van der Waals surface area contributed by atoms with Crippen molar-refractivity contribution in [2.75, 3.05) is 4.90 Å². The number of nitrogens with one attached hydrogen (secondary N) is 1. The van der Waals surface area contributed by atoms with E-state index in [1.807, 2.05) is 48.7 Å². The molecule has 6 heteroatoms. The first-order valence-corrected chi connectivity index (χ1v) is 9.77. The van der Waals surface area contributed by atoms with E-state index in [0.717, 1.165) is 11.4 Å². The average molecular weight is 397 g/mol. The van der Waals surface area contributed by atoms with Gasteiger partial charge in [-0.05, 0) is 74.1 Å².